The molecule has 0 N–H and O–H groups in total. The molecular weight excluding hydrogens is 178 g/mol. The molecule has 4 nitrogen and oxygen atoms in total. The van der Waals surface area contributed by atoms with E-state index in [1.54, 1.807) is 6.33 Å². The van der Waals surface area contributed by atoms with Crippen molar-refractivity contribution < 1.29 is 4.74 Å². The van der Waals surface area contributed by atoms with Gasteiger partial charge in [-0.15, -0.1) is 10.2 Å². The Kier molecular flexibility index (Phi) is 2.82. The molecule has 0 aliphatic carbocycles. The molecule has 1 fully saturated rings. The van der Waals surface area contributed by atoms with E-state index in [2.05, 4.69) is 28.6 Å². The minimum absolute atomic E-state index is 0.161. The highest BCUT2D eigenvalue weighted by atomic mass is 16.5. The molecule has 4 heteroatoms. The maximum atomic E-state index is 5.69. The molecule has 1 saturated heterocycles. The van der Waals surface area contributed by atoms with E-state index in [0.29, 0.717) is 6.04 Å². The molecule has 0 bridgehead atoms. The van der Waals surface area contributed by atoms with Crippen molar-refractivity contribution >= 4 is 0 Å². The van der Waals surface area contributed by atoms with E-state index < -0.39 is 0 Å². The second-order valence-electron chi connectivity index (χ2n) is 4.05. The largest absolute Gasteiger partial charge is 0.370 e. The maximum absolute atomic E-state index is 5.69. The Hall–Kier alpha value is -0.900. The zero-order valence-electron chi connectivity index (χ0n) is 8.81. The van der Waals surface area contributed by atoms with Crippen LogP contribution in [0.2, 0.25) is 0 Å². The van der Waals surface area contributed by atoms with Gasteiger partial charge in [0.15, 0.2) is 5.82 Å². The van der Waals surface area contributed by atoms with Gasteiger partial charge in [0.1, 0.15) is 12.4 Å². The van der Waals surface area contributed by atoms with Gasteiger partial charge in [-0.3, -0.25) is 0 Å². The van der Waals surface area contributed by atoms with E-state index in [-0.39, 0.29) is 6.10 Å². The number of hydrogen-bond donors (Lipinski definition) is 0. The SMILES string of the molecule is CC(C)n1cnnc1C1CCCCO1. The first-order chi connectivity index (χ1) is 6.79. The van der Waals surface area contributed by atoms with Crippen molar-refractivity contribution in [2.24, 2.45) is 0 Å². The molecule has 1 unspecified atom stereocenters. The molecule has 0 amide bonds. The fraction of sp³-hybridized carbons (Fsp3) is 0.800. The monoisotopic (exact) mass is 195 g/mol. The number of nitrogens with zero attached hydrogens (tertiary/aromatic N) is 3. The summed E-state index contributed by atoms with van der Waals surface area (Å²) in [4.78, 5) is 0. The summed E-state index contributed by atoms with van der Waals surface area (Å²) in [6.07, 6.45) is 5.43. The highest BCUT2D eigenvalue weighted by Gasteiger charge is 2.22. The summed E-state index contributed by atoms with van der Waals surface area (Å²) in [6.45, 7) is 5.13. The highest BCUT2D eigenvalue weighted by molar-refractivity contribution is 4.94. The molecular formula is C10H17N3O. The molecule has 0 spiro atoms. The summed E-state index contributed by atoms with van der Waals surface area (Å²) >= 11 is 0. The van der Waals surface area contributed by atoms with Gasteiger partial charge in [-0.2, -0.15) is 0 Å². The average molecular weight is 195 g/mol. The van der Waals surface area contributed by atoms with Crippen molar-refractivity contribution in [3.8, 4) is 0 Å². The topological polar surface area (TPSA) is 39.9 Å². The summed E-state index contributed by atoms with van der Waals surface area (Å²) in [5.41, 5.74) is 0. The van der Waals surface area contributed by atoms with Crippen LogP contribution in [0.15, 0.2) is 6.33 Å². The number of ether oxygens (including phenoxy) is 1. The van der Waals surface area contributed by atoms with Gasteiger partial charge in [0, 0.05) is 12.6 Å². The summed E-state index contributed by atoms with van der Waals surface area (Å²) in [5.74, 6) is 0.986. The van der Waals surface area contributed by atoms with Gasteiger partial charge in [0.25, 0.3) is 0 Å². The molecule has 1 atom stereocenters. The van der Waals surface area contributed by atoms with Crippen LogP contribution < -0.4 is 0 Å². The minimum atomic E-state index is 0.161. The lowest BCUT2D eigenvalue weighted by molar-refractivity contribution is 0.00660. The van der Waals surface area contributed by atoms with Crippen molar-refractivity contribution in [3.05, 3.63) is 12.2 Å². The third-order valence-corrected chi connectivity index (χ3v) is 2.62. The third-order valence-electron chi connectivity index (χ3n) is 2.62. The summed E-state index contributed by atoms with van der Waals surface area (Å²) in [5, 5.41) is 8.10. The Morgan fingerprint density at radius 2 is 2.36 bits per heavy atom. The maximum Gasteiger partial charge on any atom is 0.162 e. The lowest BCUT2D eigenvalue weighted by Crippen LogP contribution is -2.17. The molecule has 1 aliphatic heterocycles. The van der Waals surface area contributed by atoms with Crippen LogP contribution >= 0.6 is 0 Å². The fourth-order valence-corrected chi connectivity index (χ4v) is 1.82. The van der Waals surface area contributed by atoms with E-state index in [9.17, 15) is 0 Å². The van der Waals surface area contributed by atoms with Crippen molar-refractivity contribution in [1.82, 2.24) is 14.8 Å². The molecule has 0 radical (unpaired) electrons. The van der Waals surface area contributed by atoms with Gasteiger partial charge >= 0.3 is 0 Å². The van der Waals surface area contributed by atoms with E-state index in [1.807, 2.05) is 0 Å². The predicted molar refractivity (Wildman–Crippen MR) is 53.0 cm³/mol. The normalized spacial score (nSPS) is 22.9. The standard InChI is InChI=1S/C10H17N3O/c1-8(2)13-7-11-12-10(13)9-5-3-4-6-14-9/h7-9H,3-6H2,1-2H3. The second kappa shape index (κ2) is 4.09. The second-order valence-corrected chi connectivity index (χ2v) is 4.05. The molecule has 1 aromatic rings. The molecule has 1 aromatic heterocycles. The molecule has 2 heterocycles. The summed E-state index contributed by atoms with van der Waals surface area (Å²) in [6, 6.07) is 0.408. The zero-order chi connectivity index (χ0) is 9.97. The predicted octanol–water partition coefficient (Wildman–Crippen LogP) is 2.10. The Morgan fingerprint density at radius 1 is 1.50 bits per heavy atom. The van der Waals surface area contributed by atoms with Gasteiger partial charge in [0.05, 0.1) is 0 Å². The first-order valence-corrected chi connectivity index (χ1v) is 5.30. The number of aromatic nitrogens is 3. The fourth-order valence-electron chi connectivity index (χ4n) is 1.82. The zero-order valence-corrected chi connectivity index (χ0v) is 8.81. The molecule has 1 aliphatic rings. The van der Waals surface area contributed by atoms with Crippen molar-refractivity contribution in [2.45, 2.75) is 45.3 Å². The van der Waals surface area contributed by atoms with Gasteiger partial charge in [0.2, 0.25) is 0 Å². The molecule has 0 saturated carbocycles. The first-order valence-electron chi connectivity index (χ1n) is 5.30. The van der Waals surface area contributed by atoms with Crippen molar-refractivity contribution in [1.29, 1.82) is 0 Å². The average Bonchev–Trinajstić information content (AvgIpc) is 2.67. The first kappa shape index (κ1) is 9.65. The van der Waals surface area contributed by atoms with Crippen LogP contribution in [0.3, 0.4) is 0 Å². The van der Waals surface area contributed by atoms with Gasteiger partial charge in [-0.25, -0.2) is 0 Å². The third kappa shape index (κ3) is 1.80. The summed E-state index contributed by atoms with van der Waals surface area (Å²) in [7, 11) is 0. The Morgan fingerprint density at radius 3 is 3.00 bits per heavy atom. The molecule has 78 valence electrons. The lowest BCUT2D eigenvalue weighted by Gasteiger charge is -2.23. The highest BCUT2D eigenvalue weighted by Crippen LogP contribution is 2.27. The lowest BCUT2D eigenvalue weighted by atomic mass is 10.1. The van der Waals surface area contributed by atoms with Crippen molar-refractivity contribution in [3.63, 3.8) is 0 Å². The van der Waals surface area contributed by atoms with Gasteiger partial charge in [-0.1, -0.05) is 0 Å². The van der Waals surface area contributed by atoms with Crippen LogP contribution in [-0.2, 0) is 4.74 Å². The Labute approximate surface area is 84.3 Å². The molecule has 14 heavy (non-hydrogen) atoms. The number of hydrogen-bond acceptors (Lipinski definition) is 3. The van der Waals surface area contributed by atoms with Crippen LogP contribution in [0.1, 0.15) is 51.1 Å². The van der Waals surface area contributed by atoms with E-state index in [4.69, 9.17) is 4.74 Å². The van der Waals surface area contributed by atoms with Crippen LogP contribution in [0.4, 0.5) is 0 Å². The smallest absolute Gasteiger partial charge is 0.162 e. The summed E-state index contributed by atoms with van der Waals surface area (Å²) < 4.78 is 7.78. The van der Waals surface area contributed by atoms with Crippen LogP contribution in [0.5, 0.6) is 0 Å². The van der Waals surface area contributed by atoms with E-state index in [0.717, 1.165) is 18.9 Å². The van der Waals surface area contributed by atoms with E-state index in [1.165, 1.54) is 12.8 Å². The Balaban J connectivity index is 2.17. The van der Waals surface area contributed by atoms with Crippen LogP contribution in [-0.4, -0.2) is 21.4 Å². The van der Waals surface area contributed by atoms with Crippen LogP contribution in [0, 0.1) is 0 Å². The molecule has 0 aromatic carbocycles. The van der Waals surface area contributed by atoms with E-state index >= 15 is 0 Å². The Bertz CT molecular complexity index is 289. The minimum Gasteiger partial charge on any atom is -0.370 e. The van der Waals surface area contributed by atoms with Crippen molar-refractivity contribution in [2.75, 3.05) is 6.61 Å². The van der Waals surface area contributed by atoms with Gasteiger partial charge in [-0.05, 0) is 33.1 Å². The quantitative estimate of drug-likeness (QED) is 0.725. The number of rotatable bonds is 2. The van der Waals surface area contributed by atoms with Crippen LogP contribution in [0.25, 0.3) is 0 Å². The molecule has 2 rings (SSSR count). The van der Waals surface area contributed by atoms with Gasteiger partial charge < -0.3 is 9.30 Å².